The van der Waals surface area contributed by atoms with Crippen molar-refractivity contribution in [3.05, 3.63) is 12.2 Å². The zero-order chi connectivity index (χ0) is 26.6. The van der Waals surface area contributed by atoms with E-state index in [1.807, 2.05) is 20.8 Å². The molecule has 0 saturated heterocycles. The van der Waals surface area contributed by atoms with Crippen molar-refractivity contribution < 1.29 is 39.2 Å². The molecule has 0 heterocycles. The number of amides is 1. The molecular weight excluding hydrogens is 454 g/mol. The van der Waals surface area contributed by atoms with Gasteiger partial charge in [0, 0.05) is 26.0 Å². The van der Waals surface area contributed by atoms with Crippen LogP contribution in [0.15, 0.2) is 12.2 Å². The molecule has 5 atom stereocenters. The molecule has 4 N–H and O–H groups in total. The normalized spacial score (nSPS) is 19.5. The van der Waals surface area contributed by atoms with Crippen LogP contribution in [-0.2, 0) is 23.9 Å². The summed E-state index contributed by atoms with van der Waals surface area (Å²) in [7, 11) is 1.22. The predicted molar refractivity (Wildman–Crippen MR) is 131 cm³/mol. The van der Waals surface area contributed by atoms with E-state index in [2.05, 4.69) is 5.32 Å². The quantitative estimate of drug-likeness (QED) is 0.161. The molecule has 0 unspecified atom stereocenters. The molecule has 1 rings (SSSR count). The minimum Gasteiger partial charge on any atom is -0.465 e. The first kappa shape index (κ1) is 31.2. The number of rotatable bonds is 14. The molecule has 1 amide bonds. The van der Waals surface area contributed by atoms with Gasteiger partial charge in [0.2, 0.25) is 5.91 Å². The number of allylic oxidation sites excluding steroid dienone is 1. The van der Waals surface area contributed by atoms with Gasteiger partial charge in [-0.15, -0.1) is 0 Å². The van der Waals surface area contributed by atoms with Gasteiger partial charge >= 0.3 is 5.97 Å². The summed E-state index contributed by atoms with van der Waals surface area (Å²) in [5.41, 5.74) is -0.234. The molecule has 0 aromatic carbocycles. The fourth-order valence-corrected chi connectivity index (χ4v) is 3.94. The van der Waals surface area contributed by atoms with Crippen LogP contribution in [0.25, 0.3) is 0 Å². The first-order valence-corrected chi connectivity index (χ1v) is 12.6. The lowest BCUT2D eigenvalue weighted by Crippen LogP contribution is -2.48. The van der Waals surface area contributed by atoms with Gasteiger partial charge < -0.3 is 30.1 Å². The maximum absolute atomic E-state index is 12.6. The molecule has 9 nitrogen and oxygen atoms in total. The van der Waals surface area contributed by atoms with E-state index in [1.54, 1.807) is 13.0 Å². The highest BCUT2D eigenvalue weighted by atomic mass is 16.5. The summed E-state index contributed by atoms with van der Waals surface area (Å²) in [5, 5.41) is 33.5. The van der Waals surface area contributed by atoms with Crippen LogP contribution in [0.5, 0.6) is 0 Å². The molecule has 1 fully saturated rings. The van der Waals surface area contributed by atoms with E-state index in [9.17, 15) is 29.7 Å². The Morgan fingerprint density at radius 2 is 1.69 bits per heavy atom. The average Bonchev–Trinajstić information content (AvgIpc) is 2.81. The van der Waals surface area contributed by atoms with Crippen LogP contribution in [0.3, 0.4) is 0 Å². The van der Waals surface area contributed by atoms with Gasteiger partial charge in [-0.3, -0.25) is 14.4 Å². The summed E-state index contributed by atoms with van der Waals surface area (Å²) in [6, 6.07) is 0. The maximum atomic E-state index is 12.6. The van der Waals surface area contributed by atoms with Gasteiger partial charge in [0.25, 0.3) is 0 Å². The number of carbonyl (C=O) groups excluding carboxylic acids is 3. The summed E-state index contributed by atoms with van der Waals surface area (Å²) < 4.78 is 10.4. The van der Waals surface area contributed by atoms with Gasteiger partial charge in [0.05, 0.1) is 12.5 Å². The highest BCUT2D eigenvalue weighted by Gasteiger charge is 2.36. The third kappa shape index (κ3) is 11.6. The number of aliphatic hydroxyl groups is 3. The Balaban J connectivity index is 2.42. The van der Waals surface area contributed by atoms with Crippen molar-refractivity contribution in [1.29, 1.82) is 0 Å². The van der Waals surface area contributed by atoms with Crippen molar-refractivity contribution in [2.75, 3.05) is 20.3 Å². The van der Waals surface area contributed by atoms with Crippen LogP contribution in [0.4, 0.5) is 0 Å². The van der Waals surface area contributed by atoms with Crippen LogP contribution in [0.2, 0.25) is 0 Å². The average molecular weight is 500 g/mol. The number of hydrogen-bond acceptors (Lipinski definition) is 8. The summed E-state index contributed by atoms with van der Waals surface area (Å²) in [5.74, 6) is -1.78. The zero-order valence-corrected chi connectivity index (χ0v) is 21.9. The lowest BCUT2D eigenvalue weighted by molar-refractivity contribution is -0.150. The first-order valence-electron chi connectivity index (χ1n) is 12.6. The lowest BCUT2D eigenvalue weighted by atomic mass is 9.89. The number of esters is 1. The monoisotopic (exact) mass is 499 g/mol. The zero-order valence-electron chi connectivity index (χ0n) is 21.9. The Morgan fingerprint density at radius 1 is 1.06 bits per heavy atom. The SMILES string of the molecule is CO[C@@H](C(=O)C[C@@H](C)C(=O)NCCCOC(=O)C1CCCCC1)[C@H](O)[C@@H](O)[C@H](O)/C=C/C(C)(C)C. The first-order chi connectivity index (χ1) is 16.4. The third-order valence-corrected chi connectivity index (χ3v) is 6.13. The van der Waals surface area contributed by atoms with Gasteiger partial charge in [0.15, 0.2) is 5.78 Å². The van der Waals surface area contributed by atoms with E-state index < -0.39 is 36.1 Å². The van der Waals surface area contributed by atoms with Gasteiger partial charge in [-0.1, -0.05) is 59.1 Å². The maximum Gasteiger partial charge on any atom is 0.308 e. The number of Topliss-reactive ketones (excluding diaryl/α,β-unsaturated/α-hetero) is 1. The molecule has 0 radical (unpaired) electrons. The number of carbonyl (C=O) groups is 3. The van der Waals surface area contributed by atoms with Crippen molar-refractivity contribution in [3.63, 3.8) is 0 Å². The van der Waals surface area contributed by atoms with Gasteiger partial charge in [-0.25, -0.2) is 0 Å². The molecule has 1 aliphatic carbocycles. The Bertz CT molecular complexity index is 696. The highest BCUT2D eigenvalue weighted by molar-refractivity contribution is 5.89. The molecule has 1 aliphatic rings. The summed E-state index contributed by atoms with van der Waals surface area (Å²) in [6.07, 6.45) is 2.27. The van der Waals surface area contributed by atoms with Crippen molar-refractivity contribution in [1.82, 2.24) is 5.32 Å². The third-order valence-electron chi connectivity index (χ3n) is 6.13. The van der Waals surface area contributed by atoms with E-state index in [0.29, 0.717) is 13.0 Å². The molecule has 35 heavy (non-hydrogen) atoms. The van der Waals surface area contributed by atoms with E-state index >= 15 is 0 Å². The molecule has 1 saturated carbocycles. The summed E-state index contributed by atoms with van der Waals surface area (Å²) >= 11 is 0. The second-order valence-electron chi connectivity index (χ2n) is 10.6. The molecule has 0 aromatic rings. The van der Waals surface area contributed by atoms with Crippen LogP contribution < -0.4 is 5.32 Å². The Kier molecular flexibility index (Phi) is 13.7. The summed E-state index contributed by atoms with van der Waals surface area (Å²) in [6.45, 7) is 7.85. The van der Waals surface area contributed by atoms with Crippen LogP contribution in [-0.4, -0.2) is 77.7 Å². The smallest absolute Gasteiger partial charge is 0.308 e. The summed E-state index contributed by atoms with van der Waals surface area (Å²) in [4.78, 5) is 37.0. The second-order valence-corrected chi connectivity index (χ2v) is 10.6. The molecule has 0 aromatic heterocycles. The fourth-order valence-electron chi connectivity index (χ4n) is 3.94. The van der Waals surface area contributed by atoms with Crippen molar-refractivity contribution in [2.45, 2.75) is 97.1 Å². The number of methoxy groups -OCH3 is 1. The number of hydrogen-bond donors (Lipinski definition) is 4. The standard InChI is InChI=1S/C26H45NO8/c1-17(24(32)27-14-9-15-35-25(33)18-10-7-6-8-11-18)16-20(29)23(34-5)22(31)21(30)19(28)12-13-26(2,3)4/h12-13,17-19,21-23,28,30-31H,6-11,14-16H2,1-5H3,(H,27,32)/b13-12+/t17-,19-,21+,22-,23+/m1/s1. The number of nitrogens with one attached hydrogen (secondary N) is 1. The minimum absolute atomic E-state index is 0.0115. The Labute approximate surface area is 209 Å². The highest BCUT2D eigenvalue weighted by Crippen LogP contribution is 2.24. The second kappa shape index (κ2) is 15.3. The van der Waals surface area contributed by atoms with E-state index in [0.717, 1.165) is 32.1 Å². The van der Waals surface area contributed by atoms with E-state index in [-0.39, 0.29) is 36.2 Å². The molecule has 9 heteroatoms. The molecular formula is C26H45NO8. The number of aliphatic hydroxyl groups excluding tert-OH is 3. The van der Waals surface area contributed by atoms with Crippen LogP contribution >= 0.6 is 0 Å². The van der Waals surface area contributed by atoms with Crippen LogP contribution in [0.1, 0.15) is 72.6 Å². The largest absolute Gasteiger partial charge is 0.465 e. The molecule has 0 spiro atoms. The number of ether oxygens (including phenoxy) is 2. The predicted octanol–water partition coefficient (Wildman–Crippen LogP) is 1.91. The van der Waals surface area contributed by atoms with Crippen molar-refractivity contribution >= 4 is 17.7 Å². The van der Waals surface area contributed by atoms with E-state index in [1.165, 1.54) is 13.2 Å². The Morgan fingerprint density at radius 3 is 2.26 bits per heavy atom. The topological polar surface area (TPSA) is 142 Å². The van der Waals surface area contributed by atoms with Crippen molar-refractivity contribution in [3.8, 4) is 0 Å². The van der Waals surface area contributed by atoms with Crippen molar-refractivity contribution in [2.24, 2.45) is 17.3 Å². The van der Waals surface area contributed by atoms with Gasteiger partial charge in [-0.2, -0.15) is 0 Å². The fraction of sp³-hybridized carbons (Fsp3) is 0.808. The number of ketones is 1. The van der Waals surface area contributed by atoms with Gasteiger partial charge in [-0.05, 0) is 24.7 Å². The minimum atomic E-state index is -1.67. The molecule has 0 aliphatic heterocycles. The molecule has 202 valence electrons. The molecule has 0 bridgehead atoms. The van der Waals surface area contributed by atoms with E-state index in [4.69, 9.17) is 9.47 Å². The van der Waals surface area contributed by atoms with Crippen LogP contribution in [0, 0.1) is 17.3 Å². The Hall–Kier alpha value is -1.81. The lowest BCUT2D eigenvalue weighted by Gasteiger charge is -2.27. The van der Waals surface area contributed by atoms with Gasteiger partial charge in [0.1, 0.15) is 24.4 Å².